The van der Waals surface area contributed by atoms with Crippen molar-refractivity contribution in [2.24, 2.45) is 5.92 Å². The first-order chi connectivity index (χ1) is 16.3. The number of hydrogen-bond donors (Lipinski definition) is 0. The monoisotopic (exact) mass is 500 g/mol. The lowest BCUT2D eigenvalue weighted by Gasteiger charge is -2.35. The smallest absolute Gasteiger partial charge is 0.270 e. The molecule has 2 aliphatic rings. The van der Waals surface area contributed by atoms with Crippen molar-refractivity contribution in [3.05, 3.63) is 31.9 Å². The van der Waals surface area contributed by atoms with Gasteiger partial charge in [0.25, 0.3) is 11.5 Å². The second-order valence-corrected chi connectivity index (χ2v) is 11.0. The Kier molecular flexibility index (Phi) is 9.38. The third-order valence-corrected chi connectivity index (χ3v) is 8.14. The highest BCUT2D eigenvalue weighted by molar-refractivity contribution is 8.26. The molecule has 0 bridgehead atoms. The maximum Gasteiger partial charge on any atom is 0.270 e. The highest BCUT2D eigenvalue weighted by atomic mass is 32.2. The molecular weight excluding hydrogens is 464 g/mol. The van der Waals surface area contributed by atoms with Gasteiger partial charge in [0.15, 0.2) is 0 Å². The summed E-state index contributed by atoms with van der Waals surface area (Å²) in [6.07, 6.45) is 9.07. The third kappa shape index (κ3) is 5.58. The minimum atomic E-state index is -0.240. The number of anilines is 1. The van der Waals surface area contributed by atoms with Gasteiger partial charge in [0.1, 0.15) is 21.8 Å². The van der Waals surface area contributed by atoms with Crippen molar-refractivity contribution in [3.63, 3.8) is 0 Å². The van der Waals surface area contributed by atoms with E-state index in [0.717, 1.165) is 69.4 Å². The Bertz CT molecular complexity index is 1060. The Balaban J connectivity index is 2.08. The van der Waals surface area contributed by atoms with Gasteiger partial charge in [-0.3, -0.25) is 19.1 Å². The second kappa shape index (κ2) is 12.0. The van der Waals surface area contributed by atoms with E-state index in [1.165, 1.54) is 11.8 Å². The molecule has 0 atom stereocenters. The number of nitrogens with zero attached hydrogens (tertiary/aromatic N) is 4. The fraction of sp³-hybridized carbons (Fsp3) is 0.615. The van der Waals surface area contributed by atoms with Crippen LogP contribution in [0, 0.1) is 24.2 Å². The lowest BCUT2D eigenvalue weighted by atomic mass is 9.97. The molecule has 3 rings (SSSR count). The van der Waals surface area contributed by atoms with Crippen LogP contribution in [0.2, 0.25) is 0 Å². The van der Waals surface area contributed by atoms with Crippen molar-refractivity contribution in [3.8, 4) is 6.07 Å². The number of thiocarbonyl (C=S) groups is 1. The fourth-order valence-electron chi connectivity index (χ4n) is 4.66. The average Bonchev–Trinajstić information content (AvgIpc) is 3.08. The molecule has 2 aliphatic heterocycles. The molecule has 8 heteroatoms. The van der Waals surface area contributed by atoms with Crippen LogP contribution in [0.5, 0.6) is 0 Å². The Hall–Kier alpha value is -2.11. The number of thioether (sulfide) groups is 1. The van der Waals surface area contributed by atoms with Crippen LogP contribution in [0.1, 0.15) is 82.4 Å². The molecule has 2 fully saturated rings. The van der Waals surface area contributed by atoms with Gasteiger partial charge in [-0.25, -0.2) is 0 Å². The van der Waals surface area contributed by atoms with E-state index in [1.807, 2.05) is 19.9 Å². The maximum atomic E-state index is 13.3. The van der Waals surface area contributed by atoms with Gasteiger partial charge in [0, 0.05) is 31.7 Å². The Labute approximate surface area is 213 Å². The summed E-state index contributed by atoms with van der Waals surface area (Å²) < 4.78 is 2.33. The maximum absolute atomic E-state index is 13.3. The number of amides is 1. The van der Waals surface area contributed by atoms with E-state index in [0.29, 0.717) is 33.8 Å². The number of unbranched alkanes of at least 4 members (excludes halogenated alkanes) is 3. The quantitative estimate of drug-likeness (QED) is 0.255. The molecule has 1 aromatic heterocycles. The van der Waals surface area contributed by atoms with E-state index in [4.69, 9.17) is 12.2 Å². The molecule has 3 heterocycles. The molecule has 1 amide bonds. The summed E-state index contributed by atoms with van der Waals surface area (Å²) >= 11 is 6.86. The molecule has 0 aromatic carbocycles. The molecule has 0 N–H and O–H groups in total. The molecule has 34 heavy (non-hydrogen) atoms. The molecule has 0 spiro atoms. The lowest BCUT2D eigenvalue weighted by molar-refractivity contribution is -0.122. The van der Waals surface area contributed by atoms with Crippen LogP contribution in [0.15, 0.2) is 9.70 Å². The summed E-state index contributed by atoms with van der Waals surface area (Å²) in [7, 11) is 0. The summed E-state index contributed by atoms with van der Waals surface area (Å²) in [5.41, 5.74) is 1.35. The minimum absolute atomic E-state index is 0.0733. The van der Waals surface area contributed by atoms with Crippen LogP contribution in [0.4, 0.5) is 5.82 Å². The van der Waals surface area contributed by atoms with E-state index in [1.54, 1.807) is 9.47 Å². The van der Waals surface area contributed by atoms with Crippen molar-refractivity contribution >= 4 is 46.1 Å². The lowest BCUT2D eigenvalue weighted by Crippen LogP contribution is -2.39. The molecule has 184 valence electrons. The number of hydrogen-bond acceptors (Lipinski definition) is 6. The Morgan fingerprint density at radius 3 is 2.44 bits per heavy atom. The van der Waals surface area contributed by atoms with Crippen LogP contribution in [-0.2, 0) is 11.3 Å². The van der Waals surface area contributed by atoms with Crippen LogP contribution in [0.3, 0.4) is 0 Å². The molecule has 0 radical (unpaired) electrons. The Morgan fingerprint density at radius 1 is 1.12 bits per heavy atom. The van der Waals surface area contributed by atoms with Crippen LogP contribution >= 0.6 is 24.0 Å². The summed E-state index contributed by atoms with van der Waals surface area (Å²) in [6.45, 7) is 11.2. The molecule has 2 saturated heterocycles. The van der Waals surface area contributed by atoms with E-state index >= 15 is 0 Å². The van der Waals surface area contributed by atoms with Crippen LogP contribution in [0.25, 0.3) is 6.08 Å². The predicted molar refractivity (Wildman–Crippen MR) is 145 cm³/mol. The normalized spacial score (nSPS) is 18.3. The van der Waals surface area contributed by atoms with Gasteiger partial charge >= 0.3 is 0 Å². The van der Waals surface area contributed by atoms with Gasteiger partial charge in [-0.05, 0) is 50.2 Å². The van der Waals surface area contributed by atoms with E-state index in [2.05, 4.69) is 24.8 Å². The number of carbonyl (C=O) groups excluding carboxylic acids is 1. The first-order valence-corrected chi connectivity index (χ1v) is 13.7. The van der Waals surface area contributed by atoms with Crippen LogP contribution in [-0.4, -0.2) is 39.3 Å². The fourth-order valence-corrected chi connectivity index (χ4v) is 5.95. The van der Waals surface area contributed by atoms with Crippen molar-refractivity contribution in [1.29, 1.82) is 5.26 Å². The SMILES string of the molecule is CCCCCCN1C(=O)/C(=C/c2c(C)c(C#N)c(=O)n(CCC)c2N2CCC(C)CC2)SC1=S. The number of pyridine rings is 1. The molecule has 0 saturated carbocycles. The summed E-state index contributed by atoms with van der Waals surface area (Å²) in [4.78, 5) is 31.1. The molecule has 1 aromatic rings. The second-order valence-electron chi connectivity index (χ2n) is 9.37. The Morgan fingerprint density at radius 2 is 1.82 bits per heavy atom. The predicted octanol–water partition coefficient (Wildman–Crippen LogP) is 5.46. The van der Waals surface area contributed by atoms with Crippen molar-refractivity contribution in [2.45, 2.75) is 79.2 Å². The van der Waals surface area contributed by atoms with Gasteiger partial charge in [-0.2, -0.15) is 5.26 Å². The zero-order valence-electron chi connectivity index (χ0n) is 20.9. The minimum Gasteiger partial charge on any atom is -0.357 e. The number of aromatic nitrogens is 1. The molecule has 0 unspecified atom stereocenters. The van der Waals surface area contributed by atoms with Gasteiger partial charge in [-0.1, -0.05) is 64.0 Å². The molecule has 0 aliphatic carbocycles. The molecular formula is C26H36N4O2S2. The molecule has 6 nitrogen and oxygen atoms in total. The highest BCUT2D eigenvalue weighted by Gasteiger charge is 2.33. The van der Waals surface area contributed by atoms with Crippen molar-refractivity contribution in [1.82, 2.24) is 9.47 Å². The van der Waals surface area contributed by atoms with E-state index in [-0.39, 0.29) is 17.0 Å². The number of nitriles is 1. The number of carbonyl (C=O) groups is 1. The average molecular weight is 501 g/mol. The van der Waals surface area contributed by atoms with Gasteiger partial charge < -0.3 is 4.90 Å². The van der Waals surface area contributed by atoms with Crippen LogP contribution < -0.4 is 10.5 Å². The van der Waals surface area contributed by atoms with Gasteiger partial charge in [0.05, 0.1) is 4.91 Å². The number of rotatable bonds is 9. The van der Waals surface area contributed by atoms with Crippen molar-refractivity contribution < 1.29 is 4.79 Å². The number of piperidine rings is 1. The van der Waals surface area contributed by atoms with E-state index < -0.39 is 0 Å². The zero-order chi connectivity index (χ0) is 24.8. The summed E-state index contributed by atoms with van der Waals surface area (Å²) in [5.74, 6) is 1.41. The highest BCUT2D eigenvalue weighted by Crippen LogP contribution is 2.37. The summed E-state index contributed by atoms with van der Waals surface area (Å²) in [5, 5.41) is 9.79. The van der Waals surface area contributed by atoms with Gasteiger partial charge in [-0.15, -0.1) is 0 Å². The zero-order valence-corrected chi connectivity index (χ0v) is 22.5. The largest absolute Gasteiger partial charge is 0.357 e. The van der Waals surface area contributed by atoms with Gasteiger partial charge in [0.2, 0.25) is 0 Å². The summed E-state index contributed by atoms with van der Waals surface area (Å²) in [6, 6.07) is 2.12. The third-order valence-electron chi connectivity index (χ3n) is 6.76. The first-order valence-electron chi connectivity index (χ1n) is 12.5. The first kappa shape index (κ1) is 26.5. The van der Waals surface area contributed by atoms with E-state index in [9.17, 15) is 14.9 Å². The topological polar surface area (TPSA) is 69.3 Å². The van der Waals surface area contributed by atoms with Crippen molar-refractivity contribution in [2.75, 3.05) is 24.5 Å². The standard InChI is InChI=1S/C26H36N4O2S2/c1-5-7-8-9-13-30-25(32)22(34-26(30)33)16-20-19(4)21(17-27)24(31)29(12-6-2)23(20)28-14-10-18(3)11-15-28/h16,18H,5-15H2,1-4H3/b22-16-.